The van der Waals surface area contributed by atoms with E-state index in [9.17, 15) is 4.79 Å². The second-order valence-corrected chi connectivity index (χ2v) is 3.87. The lowest BCUT2D eigenvalue weighted by Gasteiger charge is -2.07. The van der Waals surface area contributed by atoms with E-state index in [1.165, 1.54) is 0 Å². The van der Waals surface area contributed by atoms with Crippen LogP contribution in [0.2, 0.25) is 0 Å². The lowest BCUT2D eigenvalue weighted by atomic mass is 10.1. The van der Waals surface area contributed by atoms with Gasteiger partial charge in [-0.25, -0.2) is 9.79 Å². The molecule has 0 radical (unpaired) electrons. The van der Waals surface area contributed by atoms with Crippen molar-refractivity contribution in [3.8, 4) is 0 Å². The number of allylic oxidation sites excluding steroid dienone is 1. The van der Waals surface area contributed by atoms with Crippen molar-refractivity contribution in [3.05, 3.63) is 22.3 Å². The van der Waals surface area contributed by atoms with Crippen molar-refractivity contribution in [3.63, 3.8) is 0 Å². The summed E-state index contributed by atoms with van der Waals surface area (Å²) in [7, 11) is 0. The first kappa shape index (κ1) is 10.3. The summed E-state index contributed by atoms with van der Waals surface area (Å²) in [6.07, 6.45) is 5.33. The fourth-order valence-electron chi connectivity index (χ4n) is 1.39. The van der Waals surface area contributed by atoms with Crippen LogP contribution in [0.1, 0.15) is 6.92 Å². The van der Waals surface area contributed by atoms with Gasteiger partial charge in [0.05, 0.1) is 16.8 Å². The molecule has 15 heavy (non-hydrogen) atoms. The molecule has 0 saturated carbocycles. The molecule has 1 atom stereocenters. The lowest BCUT2D eigenvalue weighted by Crippen LogP contribution is -2.15. The van der Waals surface area contributed by atoms with Crippen LogP contribution in [-0.4, -0.2) is 30.5 Å². The predicted molar refractivity (Wildman–Crippen MR) is 61.4 cm³/mol. The highest BCUT2D eigenvalue weighted by Gasteiger charge is 2.31. The SMILES string of the molecule is CCOC(=O)C1=C(Br)[C@H]2N=CC=CC2=N1. The van der Waals surface area contributed by atoms with Crippen molar-refractivity contribution in [1.82, 2.24) is 0 Å². The Hall–Kier alpha value is -1.23. The molecule has 2 heterocycles. The molecule has 0 amide bonds. The zero-order valence-electron chi connectivity index (χ0n) is 8.11. The Morgan fingerprint density at radius 3 is 3.13 bits per heavy atom. The average Bonchev–Trinajstić information content (AvgIpc) is 2.57. The quantitative estimate of drug-likeness (QED) is 0.715. The Morgan fingerprint density at radius 1 is 1.67 bits per heavy atom. The maximum Gasteiger partial charge on any atom is 0.357 e. The van der Waals surface area contributed by atoms with E-state index in [4.69, 9.17) is 4.74 Å². The topological polar surface area (TPSA) is 51.0 Å². The molecule has 5 heteroatoms. The van der Waals surface area contributed by atoms with Crippen LogP contribution in [0.3, 0.4) is 0 Å². The summed E-state index contributed by atoms with van der Waals surface area (Å²) in [6.45, 7) is 2.11. The lowest BCUT2D eigenvalue weighted by molar-refractivity contribution is -0.138. The third-order valence-corrected chi connectivity index (χ3v) is 2.85. The summed E-state index contributed by atoms with van der Waals surface area (Å²) in [4.78, 5) is 19.9. The number of hydrogen-bond donors (Lipinski definition) is 0. The molecule has 2 aliphatic heterocycles. The number of esters is 1. The van der Waals surface area contributed by atoms with Gasteiger partial charge in [-0.1, -0.05) is 15.9 Å². The Kier molecular flexibility index (Phi) is 2.81. The number of hydrogen-bond acceptors (Lipinski definition) is 4. The third-order valence-electron chi connectivity index (χ3n) is 2.04. The van der Waals surface area contributed by atoms with Crippen molar-refractivity contribution in [2.24, 2.45) is 9.98 Å². The number of dihydropyridines is 1. The molecule has 0 unspecified atom stereocenters. The molecule has 0 aromatic heterocycles. The molecular formula is C10H9BrN2O2. The van der Waals surface area contributed by atoms with Crippen molar-refractivity contribution < 1.29 is 9.53 Å². The number of aliphatic imine (C=N–C) groups is 2. The van der Waals surface area contributed by atoms with Crippen LogP contribution in [0.5, 0.6) is 0 Å². The first-order valence-corrected chi connectivity index (χ1v) is 5.38. The van der Waals surface area contributed by atoms with Crippen LogP contribution in [0.25, 0.3) is 0 Å². The average molecular weight is 269 g/mol. The van der Waals surface area contributed by atoms with Gasteiger partial charge in [0.2, 0.25) is 0 Å². The van der Waals surface area contributed by atoms with Gasteiger partial charge in [-0.2, -0.15) is 0 Å². The van der Waals surface area contributed by atoms with Gasteiger partial charge in [0.25, 0.3) is 0 Å². The first-order valence-electron chi connectivity index (χ1n) is 4.59. The molecule has 0 spiro atoms. The van der Waals surface area contributed by atoms with Gasteiger partial charge >= 0.3 is 5.97 Å². The summed E-state index contributed by atoms with van der Waals surface area (Å²) >= 11 is 3.33. The van der Waals surface area contributed by atoms with E-state index in [1.54, 1.807) is 19.2 Å². The van der Waals surface area contributed by atoms with Crippen molar-refractivity contribution >= 4 is 33.8 Å². The van der Waals surface area contributed by atoms with E-state index in [-0.39, 0.29) is 6.04 Å². The highest BCUT2D eigenvalue weighted by atomic mass is 79.9. The monoisotopic (exact) mass is 268 g/mol. The van der Waals surface area contributed by atoms with Gasteiger partial charge in [0.15, 0.2) is 5.70 Å². The van der Waals surface area contributed by atoms with Gasteiger partial charge in [0.1, 0.15) is 6.04 Å². The number of carbonyl (C=O) groups is 1. The molecule has 0 saturated heterocycles. The fourth-order valence-corrected chi connectivity index (χ4v) is 2.00. The van der Waals surface area contributed by atoms with Crippen LogP contribution < -0.4 is 0 Å². The molecule has 0 bridgehead atoms. The van der Waals surface area contributed by atoms with Crippen LogP contribution in [-0.2, 0) is 9.53 Å². The molecule has 78 valence electrons. The number of carbonyl (C=O) groups excluding carboxylic acids is 1. The van der Waals surface area contributed by atoms with Gasteiger partial charge < -0.3 is 4.74 Å². The Morgan fingerprint density at radius 2 is 2.47 bits per heavy atom. The van der Waals surface area contributed by atoms with Gasteiger partial charge in [-0.3, -0.25) is 4.99 Å². The molecule has 0 aromatic rings. The second kappa shape index (κ2) is 4.10. The molecule has 0 aromatic carbocycles. The summed E-state index contributed by atoms with van der Waals surface area (Å²) in [5, 5.41) is 0. The fraction of sp³-hybridized carbons (Fsp3) is 0.300. The summed E-state index contributed by atoms with van der Waals surface area (Å²) in [5.74, 6) is -0.408. The van der Waals surface area contributed by atoms with E-state index in [0.717, 1.165) is 5.71 Å². The second-order valence-electron chi connectivity index (χ2n) is 3.01. The highest BCUT2D eigenvalue weighted by Crippen LogP contribution is 2.30. The van der Waals surface area contributed by atoms with Gasteiger partial charge in [0, 0.05) is 6.21 Å². The van der Waals surface area contributed by atoms with Crippen LogP contribution >= 0.6 is 15.9 Å². The smallest absolute Gasteiger partial charge is 0.357 e. The van der Waals surface area contributed by atoms with Crippen LogP contribution in [0, 0.1) is 0 Å². The van der Waals surface area contributed by atoms with Gasteiger partial charge in [-0.15, -0.1) is 0 Å². The Labute approximate surface area is 95.6 Å². The summed E-state index contributed by atoms with van der Waals surface area (Å²) in [5.41, 5.74) is 1.09. The molecule has 2 rings (SSSR count). The zero-order chi connectivity index (χ0) is 10.8. The number of rotatable bonds is 2. The minimum absolute atomic E-state index is 0.172. The largest absolute Gasteiger partial charge is 0.461 e. The molecular weight excluding hydrogens is 260 g/mol. The van der Waals surface area contributed by atoms with Crippen molar-refractivity contribution in [1.29, 1.82) is 0 Å². The van der Waals surface area contributed by atoms with E-state index in [1.807, 2.05) is 6.08 Å². The van der Waals surface area contributed by atoms with E-state index < -0.39 is 5.97 Å². The number of nitrogens with zero attached hydrogens (tertiary/aromatic N) is 2. The molecule has 0 N–H and O–H groups in total. The van der Waals surface area contributed by atoms with E-state index in [2.05, 4.69) is 25.9 Å². The highest BCUT2D eigenvalue weighted by molar-refractivity contribution is 9.11. The zero-order valence-corrected chi connectivity index (χ0v) is 9.69. The Balaban J connectivity index is 2.29. The summed E-state index contributed by atoms with van der Waals surface area (Å²) < 4.78 is 5.57. The van der Waals surface area contributed by atoms with Crippen molar-refractivity contribution in [2.45, 2.75) is 13.0 Å². The van der Waals surface area contributed by atoms with E-state index >= 15 is 0 Å². The molecule has 0 fully saturated rings. The number of halogens is 1. The van der Waals surface area contributed by atoms with Crippen LogP contribution in [0.15, 0.2) is 32.3 Å². The maximum absolute atomic E-state index is 11.5. The van der Waals surface area contributed by atoms with E-state index in [0.29, 0.717) is 16.8 Å². The summed E-state index contributed by atoms with van der Waals surface area (Å²) in [6, 6.07) is -0.172. The minimum atomic E-state index is -0.408. The third kappa shape index (κ3) is 1.79. The van der Waals surface area contributed by atoms with Crippen molar-refractivity contribution in [2.75, 3.05) is 6.61 Å². The minimum Gasteiger partial charge on any atom is -0.461 e. The maximum atomic E-state index is 11.5. The number of ether oxygens (including phenoxy) is 1. The standard InChI is InChI=1S/C10H9BrN2O2/c1-2-15-10(14)9-7(11)8-6(13-9)4-3-5-12-8/h3-5,8H,2H2,1H3/t8-/m0/s1. The van der Waals surface area contributed by atoms with Gasteiger partial charge in [-0.05, 0) is 19.1 Å². The Bertz CT molecular complexity index is 421. The predicted octanol–water partition coefficient (Wildman–Crippen LogP) is 1.62. The molecule has 0 aliphatic carbocycles. The molecule has 4 nitrogen and oxygen atoms in total. The first-order chi connectivity index (χ1) is 7.24. The van der Waals surface area contributed by atoms with Crippen LogP contribution in [0.4, 0.5) is 0 Å². The number of fused-ring (bicyclic) bond motifs is 1. The normalized spacial score (nSPS) is 22.8. The molecule has 2 aliphatic rings.